The number of rotatable bonds is 0. The van der Waals surface area contributed by atoms with Gasteiger partial charge in [0.2, 0.25) is 5.52 Å². The van der Waals surface area contributed by atoms with Crippen LogP contribution >= 0.6 is 0 Å². The van der Waals surface area contributed by atoms with Crippen molar-refractivity contribution in [3.63, 3.8) is 0 Å². The molecule has 0 fully saturated rings. The van der Waals surface area contributed by atoms with Gasteiger partial charge in [-0.05, 0) is 12.1 Å². The van der Waals surface area contributed by atoms with Gasteiger partial charge in [0.1, 0.15) is 0 Å². The molecule has 60 valence electrons. The summed E-state index contributed by atoms with van der Waals surface area (Å²) in [6.07, 6.45) is 0. The zero-order valence-corrected chi connectivity index (χ0v) is 6.27. The zero-order valence-electron chi connectivity index (χ0n) is 6.27. The third-order valence-electron chi connectivity index (χ3n) is 1.78. The van der Waals surface area contributed by atoms with Crippen molar-refractivity contribution in [2.75, 3.05) is 0 Å². The second-order valence-corrected chi connectivity index (χ2v) is 2.54. The summed E-state index contributed by atoms with van der Waals surface area (Å²) >= 11 is 0. The van der Waals surface area contributed by atoms with E-state index in [2.05, 4.69) is 0 Å². The Labute approximate surface area is 69.1 Å². The van der Waals surface area contributed by atoms with Crippen LogP contribution in [-0.2, 0) is 0 Å². The van der Waals surface area contributed by atoms with Crippen molar-refractivity contribution < 1.29 is 9.84 Å². The summed E-state index contributed by atoms with van der Waals surface area (Å²) in [5.41, 5.74) is 0.484. The van der Waals surface area contributed by atoms with E-state index in [1.54, 1.807) is 18.2 Å². The highest BCUT2D eigenvalue weighted by molar-refractivity contribution is 5.75. The van der Waals surface area contributed by atoms with Gasteiger partial charge in [-0.2, -0.15) is 0 Å². The summed E-state index contributed by atoms with van der Waals surface area (Å²) in [6, 6.07) is 10.2. The summed E-state index contributed by atoms with van der Waals surface area (Å²) < 4.78 is 0.509. The van der Waals surface area contributed by atoms with Crippen LogP contribution in [-0.4, -0.2) is 5.11 Å². The van der Waals surface area contributed by atoms with E-state index in [9.17, 15) is 5.21 Å². The van der Waals surface area contributed by atoms with Gasteiger partial charge in [-0.15, -0.1) is 4.73 Å². The molecule has 0 saturated heterocycles. The number of benzene rings is 1. The molecule has 2 aromatic rings. The van der Waals surface area contributed by atoms with E-state index in [0.717, 1.165) is 5.39 Å². The molecule has 0 bridgehead atoms. The number of pyridine rings is 1. The number of aromatic nitrogens is 1. The van der Waals surface area contributed by atoms with Crippen LogP contribution in [0.2, 0.25) is 0 Å². The van der Waals surface area contributed by atoms with Crippen molar-refractivity contribution in [1.82, 2.24) is 0 Å². The molecule has 3 nitrogen and oxygen atoms in total. The second-order valence-electron chi connectivity index (χ2n) is 2.54. The molecule has 2 rings (SSSR count). The summed E-state index contributed by atoms with van der Waals surface area (Å²) in [7, 11) is 0. The van der Waals surface area contributed by atoms with E-state index < -0.39 is 0 Å². The van der Waals surface area contributed by atoms with Crippen LogP contribution in [0.25, 0.3) is 10.9 Å². The fourth-order valence-corrected chi connectivity index (χ4v) is 1.17. The van der Waals surface area contributed by atoms with E-state index in [4.69, 9.17) is 5.11 Å². The molecule has 1 N–H and O–H groups in total. The molecule has 0 amide bonds. The first-order chi connectivity index (χ1) is 5.79. The number of aromatic hydroxyl groups is 1. The van der Waals surface area contributed by atoms with Gasteiger partial charge in [0.15, 0.2) is 0 Å². The predicted molar refractivity (Wildman–Crippen MR) is 44.6 cm³/mol. The average Bonchev–Trinajstić information content (AvgIpc) is 2.12. The molecule has 0 aliphatic heterocycles. The minimum absolute atomic E-state index is 0.270. The maximum absolute atomic E-state index is 11.2. The largest absolute Gasteiger partial charge is 0.616 e. The van der Waals surface area contributed by atoms with E-state index in [1.165, 1.54) is 6.07 Å². The van der Waals surface area contributed by atoms with Gasteiger partial charge in [-0.25, -0.2) is 0 Å². The first-order valence-corrected chi connectivity index (χ1v) is 3.59. The topological polar surface area (TPSA) is 47.2 Å². The van der Waals surface area contributed by atoms with E-state index in [1.807, 2.05) is 12.1 Å². The first-order valence-electron chi connectivity index (χ1n) is 3.59. The van der Waals surface area contributed by atoms with Gasteiger partial charge in [-0.1, -0.05) is 12.1 Å². The van der Waals surface area contributed by atoms with E-state index >= 15 is 0 Å². The van der Waals surface area contributed by atoms with Gasteiger partial charge in [0.25, 0.3) is 0 Å². The van der Waals surface area contributed by atoms with Crippen LogP contribution in [0.1, 0.15) is 0 Å². The first kappa shape index (κ1) is 6.91. The molecule has 0 aliphatic carbocycles. The zero-order chi connectivity index (χ0) is 8.55. The van der Waals surface area contributed by atoms with E-state index in [-0.39, 0.29) is 5.88 Å². The molecule has 1 aromatic carbocycles. The lowest BCUT2D eigenvalue weighted by molar-refractivity contribution is -0.585. The smallest absolute Gasteiger partial charge is 0.377 e. The summed E-state index contributed by atoms with van der Waals surface area (Å²) in [5.74, 6) is -0.270. The van der Waals surface area contributed by atoms with Gasteiger partial charge in [-0.3, -0.25) is 0 Å². The Morgan fingerprint density at radius 3 is 2.67 bits per heavy atom. The van der Waals surface area contributed by atoms with Gasteiger partial charge in [0, 0.05) is 11.5 Å². The van der Waals surface area contributed by atoms with Crippen molar-refractivity contribution in [2.24, 2.45) is 0 Å². The predicted octanol–water partition coefficient (Wildman–Crippen LogP) is 1.18. The molecule has 12 heavy (non-hydrogen) atoms. The van der Waals surface area contributed by atoms with Crippen LogP contribution in [0.4, 0.5) is 0 Å². The maximum atomic E-state index is 11.2. The Balaban J connectivity index is 2.91. The molecular formula is C9H7NO2. The van der Waals surface area contributed by atoms with Gasteiger partial charge >= 0.3 is 5.88 Å². The fourth-order valence-electron chi connectivity index (χ4n) is 1.17. The highest BCUT2D eigenvalue weighted by atomic mass is 16.5. The molecule has 3 heteroatoms. The highest BCUT2D eigenvalue weighted by Crippen LogP contribution is 2.12. The number of hydrogen-bond donors (Lipinski definition) is 1. The number of nitrogens with zero attached hydrogens (tertiary/aromatic N) is 1. The lowest BCUT2D eigenvalue weighted by Crippen LogP contribution is -2.26. The third-order valence-corrected chi connectivity index (χ3v) is 1.78. The highest BCUT2D eigenvalue weighted by Gasteiger charge is 2.06. The molecular weight excluding hydrogens is 154 g/mol. The van der Waals surface area contributed by atoms with Crippen molar-refractivity contribution in [2.45, 2.75) is 0 Å². The van der Waals surface area contributed by atoms with Gasteiger partial charge < -0.3 is 10.3 Å². The van der Waals surface area contributed by atoms with Crippen molar-refractivity contribution in [3.05, 3.63) is 41.6 Å². The maximum Gasteiger partial charge on any atom is 0.377 e. The summed E-state index contributed by atoms with van der Waals surface area (Å²) in [4.78, 5) is 0. The van der Waals surface area contributed by atoms with Crippen molar-refractivity contribution in [1.29, 1.82) is 0 Å². The van der Waals surface area contributed by atoms with Crippen LogP contribution in [0.5, 0.6) is 5.88 Å². The van der Waals surface area contributed by atoms with Crippen molar-refractivity contribution in [3.8, 4) is 5.88 Å². The Kier molecular flexibility index (Phi) is 1.37. The molecule has 1 heterocycles. The summed E-state index contributed by atoms with van der Waals surface area (Å²) in [5, 5.41) is 21.1. The minimum atomic E-state index is -0.270. The quantitative estimate of drug-likeness (QED) is 0.466. The Morgan fingerprint density at radius 1 is 1.08 bits per heavy atom. The minimum Gasteiger partial charge on any atom is -0.616 e. The molecule has 1 aromatic heterocycles. The lowest BCUT2D eigenvalue weighted by Gasteiger charge is -2.01. The van der Waals surface area contributed by atoms with Crippen LogP contribution in [0, 0.1) is 5.21 Å². The van der Waals surface area contributed by atoms with Crippen LogP contribution in [0.3, 0.4) is 0 Å². The number of para-hydroxylation sites is 1. The molecule has 0 spiro atoms. The number of hydrogen-bond acceptors (Lipinski definition) is 2. The summed E-state index contributed by atoms with van der Waals surface area (Å²) in [6.45, 7) is 0. The lowest BCUT2D eigenvalue weighted by atomic mass is 10.2. The Hall–Kier alpha value is -1.77. The molecule has 0 atom stereocenters. The second kappa shape index (κ2) is 2.37. The monoisotopic (exact) mass is 161 g/mol. The average molecular weight is 161 g/mol. The molecule has 0 aliphatic rings. The fraction of sp³-hybridized carbons (Fsp3) is 0. The normalized spacial score (nSPS) is 10.3. The molecule has 0 saturated carbocycles. The Bertz CT molecular complexity index is 426. The molecule has 0 unspecified atom stereocenters. The standard InChI is InChI=1S/C9H7NO2/c11-9-6-5-7-3-1-2-4-8(7)10(9)12/h1-6,11H. The van der Waals surface area contributed by atoms with Crippen LogP contribution < -0.4 is 4.73 Å². The van der Waals surface area contributed by atoms with Crippen molar-refractivity contribution >= 4 is 10.9 Å². The van der Waals surface area contributed by atoms with E-state index in [0.29, 0.717) is 10.2 Å². The molecule has 0 radical (unpaired) electrons. The SMILES string of the molecule is [O-][n+]1c(O)ccc2ccccc21. The van der Waals surface area contributed by atoms with Crippen LogP contribution in [0.15, 0.2) is 36.4 Å². The van der Waals surface area contributed by atoms with Gasteiger partial charge in [0.05, 0.1) is 6.07 Å². The Morgan fingerprint density at radius 2 is 1.83 bits per heavy atom. The third kappa shape index (κ3) is 0.871. The number of fused-ring (bicyclic) bond motifs is 1.